The van der Waals surface area contributed by atoms with Gasteiger partial charge in [0.2, 0.25) is 0 Å². The van der Waals surface area contributed by atoms with E-state index in [2.05, 4.69) is 15.7 Å². The first-order valence-corrected chi connectivity index (χ1v) is 11.0. The molecule has 4 rings (SSSR count). The largest absolute Gasteiger partial charge is 0.376 e. The van der Waals surface area contributed by atoms with Gasteiger partial charge in [-0.05, 0) is 37.5 Å². The van der Waals surface area contributed by atoms with Crippen LogP contribution in [-0.4, -0.2) is 40.9 Å². The summed E-state index contributed by atoms with van der Waals surface area (Å²) in [6.45, 7) is 3.36. The molecular formula is C24H25ClN4O3. The average Bonchev–Trinajstić information content (AvgIpc) is 3.41. The first-order chi connectivity index (χ1) is 15.5. The van der Waals surface area contributed by atoms with Gasteiger partial charge < -0.3 is 15.4 Å². The lowest BCUT2D eigenvalue weighted by Gasteiger charge is -2.14. The summed E-state index contributed by atoms with van der Waals surface area (Å²) in [5, 5.41) is 10.4. The van der Waals surface area contributed by atoms with Crippen LogP contribution in [0.2, 0.25) is 5.15 Å². The smallest absolute Gasteiger partial charge is 0.260 e. The molecule has 1 aromatic heterocycles. The summed E-state index contributed by atoms with van der Waals surface area (Å²) >= 11 is 6.51. The minimum absolute atomic E-state index is 0.0395. The maximum atomic E-state index is 13.1. The first kappa shape index (κ1) is 22.0. The van der Waals surface area contributed by atoms with Crippen molar-refractivity contribution in [3.63, 3.8) is 0 Å². The van der Waals surface area contributed by atoms with Gasteiger partial charge in [-0.15, -0.1) is 0 Å². The molecule has 1 aliphatic heterocycles. The Kier molecular flexibility index (Phi) is 6.87. The number of aromatic nitrogens is 2. The van der Waals surface area contributed by atoms with Gasteiger partial charge in [-0.25, -0.2) is 4.68 Å². The molecule has 0 unspecified atom stereocenters. The third-order valence-corrected chi connectivity index (χ3v) is 5.79. The zero-order valence-corrected chi connectivity index (χ0v) is 18.6. The van der Waals surface area contributed by atoms with Gasteiger partial charge in [0.25, 0.3) is 11.8 Å². The second-order valence-corrected chi connectivity index (χ2v) is 8.10. The number of para-hydroxylation sites is 1. The number of rotatable bonds is 7. The van der Waals surface area contributed by atoms with E-state index in [1.54, 1.807) is 35.9 Å². The highest BCUT2D eigenvalue weighted by Crippen LogP contribution is 2.24. The Labute approximate surface area is 191 Å². The van der Waals surface area contributed by atoms with Crippen molar-refractivity contribution in [2.45, 2.75) is 32.4 Å². The van der Waals surface area contributed by atoms with Crippen LogP contribution in [-0.2, 0) is 11.3 Å². The van der Waals surface area contributed by atoms with Crippen molar-refractivity contribution in [2.75, 3.05) is 18.5 Å². The van der Waals surface area contributed by atoms with E-state index >= 15 is 0 Å². The minimum Gasteiger partial charge on any atom is -0.376 e. The minimum atomic E-state index is -0.411. The lowest BCUT2D eigenvalue weighted by molar-refractivity contribution is 0.0858. The molecule has 7 nitrogen and oxygen atoms in total. The van der Waals surface area contributed by atoms with Crippen LogP contribution in [0.3, 0.4) is 0 Å². The fourth-order valence-electron chi connectivity index (χ4n) is 3.75. The van der Waals surface area contributed by atoms with Crippen LogP contribution in [0.25, 0.3) is 0 Å². The summed E-state index contributed by atoms with van der Waals surface area (Å²) in [4.78, 5) is 25.8. The summed E-state index contributed by atoms with van der Waals surface area (Å²) < 4.78 is 7.15. The van der Waals surface area contributed by atoms with Crippen LogP contribution in [0, 0.1) is 6.92 Å². The van der Waals surface area contributed by atoms with Gasteiger partial charge in [-0.1, -0.05) is 54.1 Å². The molecule has 0 radical (unpaired) electrons. The summed E-state index contributed by atoms with van der Waals surface area (Å²) in [7, 11) is 0. The molecule has 1 fully saturated rings. The fraction of sp³-hybridized carbons (Fsp3) is 0.292. The zero-order chi connectivity index (χ0) is 22.5. The van der Waals surface area contributed by atoms with E-state index in [9.17, 15) is 9.59 Å². The number of ether oxygens (including phenoxy) is 1. The van der Waals surface area contributed by atoms with Gasteiger partial charge in [0.1, 0.15) is 5.15 Å². The van der Waals surface area contributed by atoms with Gasteiger partial charge in [-0.3, -0.25) is 9.59 Å². The summed E-state index contributed by atoms with van der Waals surface area (Å²) in [5.41, 5.74) is 2.62. The molecule has 1 aliphatic rings. The monoisotopic (exact) mass is 452 g/mol. The molecule has 0 aliphatic carbocycles. The third kappa shape index (κ3) is 5.00. The number of carbonyl (C=O) groups excluding carboxylic acids is 2. The Morgan fingerprint density at radius 2 is 1.88 bits per heavy atom. The Balaban J connectivity index is 1.49. The lowest BCUT2D eigenvalue weighted by Crippen LogP contribution is -2.32. The Morgan fingerprint density at radius 3 is 2.62 bits per heavy atom. The second kappa shape index (κ2) is 9.97. The molecule has 1 saturated heterocycles. The van der Waals surface area contributed by atoms with E-state index in [0.717, 1.165) is 25.0 Å². The number of carbonyl (C=O) groups is 2. The van der Waals surface area contributed by atoms with E-state index in [4.69, 9.17) is 16.3 Å². The van der Waals surface area contributed by atoms with Crippen molar-refractivity contribution < 1.29 is 14.3 Å². The molecule has 32 heavy (non-hydrogen) atoms. The second-order valence-electron chi connectivity index (χ2n) is 7.74. The number of hydrogen-bond donors (Lipinski definition) is 2. The van der Waals surface area contributed by atoms with Gasteiger partial charge >= 0.3 is 0 Å². The Hall–Kier alpha value is -3.16. The topological polar surface area (TPSA) is 85.2 Å². The van der Waals surface area contributed by atoms with Gasteiger partial charge in [0.05, 0.1) is 35.2 Å². The molecule has 2 aromatic carbocycles. The number of aryl methyl sites for hydroxylation is 1. The van der Waals surface area contributed by atoms with E-state index in [0.29, 0.717) is 30.0 Å². The summed E-state index contributed by atoms with van der Waals surface area (Å²) in [5.74, 6) is -0.676. The van der Waals surface area contributed by atoms with Crippen molar-refractivity contribution in [1.29, 1.82) is 0 Å². The number of nitrogens with one attached hydrogen (secondary N) is 2. The zero-order valence-electron chi connectivity index (χ0n) is 17.8. The SMILES string of the molecule is Cc1nn(Cc2ccccc2)c(Cl)c1C(=O)Nc1ccccc1C(=O)NC[C@@H]1CCCO1. The predicted molar refractivity (Wildman–Crippen MR) is 123 cm³/mol. The molecular weight excluding hydrogens is 428 g/mol. The number of anilines is 1. The first-order valence-electron chi connectivity index (χ1n) is 10.6. The molecule has 0 spiro atoms. The van der Waals surface area contributed by atoms with Crippen molar-refractivity contribution in [3.05, 3.63) is 82.1 Å². The van der Waals surface area contributed by atoms with Crippen molar-refractivity contribution >= 4 is 29.1 Å². The van der Waals surface area contributed by atoms with Crippen LogP contribution in [0.15, 0.2) is 54.6 Å². The lowest BCUT2D eigenvalue weighted by atomic mass is 10.1. The molecule has 166 valence electrons. The molecule has 2 N–H and O–H groups in total. The highest BCUT2D eigenvalue weighted by molar-refractivity contribution is 6.33. The van der Waals surface area contributed by atoms with Gasteiger partial charge in [0.15, 0.2) is 0 Å². The number of benzene rings is 2. The fourth-order valence-corrected chi connectivity index (χ4v) is 4.07. The van der Waals surface area contributed by atoms with E-state index in [1.807, 2.05) is 30.3 Å². The molecule has 0 bridgehead atoms. The van der Waals surface area contributed by atoms with Gasteiger partial charge in [0, 0.05) is 13.2 Å². The molecule has 1 atom stereocenters. The molecule has 3 aromatic rings. The van der Waals surface area contributed by atoms with Crippen LogP contribution in [0.1, 0.15) is 44.8 Å². The van der Waals surface area contributed by atoms with Gasteiger partial charge in [-0.2, -0.15) is 5.10 Å². The summed E-state index contributed by atoms with van der Waals surface area (Å²) in [6, 6.07) is 16.6. The molecule has 8 heteroatoms. The number of nitrogens with zero attached hydrogens (tertiary/aromatic N) is 2. The van der Waals surface area contributed by atoms with Crippen LogP contribution in [0.4, 0.5) is 5.69 Å². The maximum Gasteiger partial charge on any atom is 0.260 e. The summed E-state index contributed by atoms with van der Waals surface area (Å²) in [6.07, 6.45) is 1.98. The number of halogens is 1. The van der Waals surface area contributed by atoms with E-state index in [-0.39, 0.29) is 22.7 Å². The van der Waals surface area contributed by atoms with E-state index < -0.39 is 5.91 Å². The third-order valence-electron chi connectivity index (χ3n) is 5.40. The van der Waals surface area contributed by atoms with Crippen molar-refractivity contribution in [3.8, 4) is 0 Å². The van der Waals surface area contributed by atoms with Crippen LogP contribution >= 0.6 is 11.6 Å². The van der Waals surface area contributed by atoms with Crippen molar-refractivity contribution in [1.82, 2.24) is 15.1 Å². The normalized spacial score (nSPS) is 15.5. The van der Waals surface area contributed by atoms with Crippen molar-refractivity contribution in [2.24, 2.45) is 0 Å². The van der Waals surface area contributed by atoms with Crippen LogP contribution in [0.5, 0.6) is 0 Å². The highest BCUT2D eigenvalue weighted by atomic mass is 35.5. The highest BCUT2D eigenvalue weighted by Gasteiger charge is 2.23. The molecule has 2 amide bonds. The Morgan fingerprint density at radius 1 is 1.12 bits per heavy atom. The van der Waals surface area contributed by atoms with E-state index in [1.165, 1.54) is 0 Å². The quantitative estimate of drug-likeness (QED) is 0.566. The molecule has 0 saturated carbocycles. The Bertz CT molecular complexity index is 1110. The van der Waals surface area contributed by atoms with Crippen LogP contribution < -0.4 is 10.6 Å². The predicted octanol–water partition coefficient (Wildman–Crippen LogP) is 4.05. The number of amides is 2. The standard InChI is InChI=1S/C24H25ClN4O3/c1-16-21(22(25)29(28-16)15-17-8-3-2-4-9-17)24(31)27-20-12-6-5-11-19(20)23(30)26-14-18-10-7-13-32-18/h2-6,8-9,11-12,18H,7,10,13-15H2,1H3,(H,26,30)(H,27,31)/t18-/m0/s1. The average molecular weight is 453 g/mol. The maximum absolute atomic E-state index is 13.1. The molecule has 2 heterocycles. The number of hydrogen-bond acceptors (Lipinski definition) is 4.